The van der Waals surface area contributed by atoms with Gasteiger partial charge >= 0.3 is 0 Å². The Hall–Kier alpha value is -3.44. The molecule has 3 atom stereocenters. The van der Waals surface area contributed by atoms with Crippen LogP contribution >= 0.6 is 0 Å². The highest BCUT2D eigenvalue weighted by Crippen LogP contribution is 2.27. The molecule has 2 aromatic rings. The van der Waals surface area contributed by atoms with Gasteiger partial charge in [-0.2, -0.15) is 0 Å². The van der Waals surface area contributed by atoms with Crippen LogP contribution in [0.15, 0.2) is 36.8 Å². The van der Waals surface area contributed by atoms with Gasteiger partial charge in [0.2, 0.25) is 11.8 Å². The van der Waals surface area contributed by atoms with Gasteiger partial charge in [-0.05, 0) is 25.1 Å². The van der Waals surface area contributed by atoms with Crippen molar-refractivity contribution in [2.75, 3.05) is 26.7 Å². The smallest absolute Gasteiger partial charge is 0.259 e. The summed E-state index contributed by atoms with van der Waals surface area (Å²) in [4.78, 5) is 36.8. The van der Waals surface area contributed by atoms with E-state index < -0.39 is 0 Å². The molecule has 3 heterocycles. The first-order valence-corrected chi connectivity index (χ1v) is 10.5. The molecular weight excluding hydrogens is 408 g/mol. The van der Waals surface area contributed by atoms with Crippen molar-refractivity contribution in [3.05, 3.63) is 53.5 Å². The lowest BCUT2D eigenvalue weighted by atomic mass is 10.00. The molecule has 168 valence electrons. The lowest BCUT2D eigenvalue weighted by Gasteiger charge is -2.37. The first-order valence-electron chi connectivity index (χ1n) is 10.5. The predicted molar refractivity (Wildman–Crippen MR) is 119 cm³/mol. The van der Waals surface area contributed by atoms with E-state index in [-0.39, 0.29) is 47.9 Å². The van der Waals surface area contributed by atoms with Gasteiger partial charge in [-0.3, -0.25) is 14.6 Å². The molecule has 0 fully saturated rings. The molecule has 2 aromatic heterocycles. The van der Waals surface area contributed by atoms with Crippen LogP contribution in [-0.2, 0) is 4.79 Å². The van der Waals surface area contributed by atoms with Crippen LogP contribution in [0.4, 0.5) is 0 Å². The van der Waals surface area contributed by atoms with Crippen LogP contribution in [0.5, 0.6) is 5.88 Å². The number of aliphatic hydroxyl groups excluding tert-OH is 1. The van der Waals surface area contributed by atoms with Gasteiger partial charge in [-0.25, -0.2) is 4.98 Å². The van der Waals surface area contributed by atoms with Crippen LogP contribution in [0.1, 0.15) is 42.3 Å². The summed E-state index contributed by atoms with van der Waals surface area (Å²) in [7, 11) is 1.71. The molecule has 0 unspecified atom stereocenters. The molecule has 32 heavy (non-hydrogen) atoms. The Morgan fingerprint density at radius 2 is 2.12 bits per heavy atom. The van der Waals surface area contributed by atoms with Crippen LogP contribution in [-0.4, -0.2) is 75.6 Å². The number of fused-ring (bicyclic) bond motifs is 1. The molecule has 2 amide bonds. The fourth-order valence-electron chi connectivity index (χ4n) is 3.37. The number of aromatic nitrogens is 2. The van der Waals surface area contributed by atoms with Gasteiger partial charge in [-0.15, -0.1) is 0 Å². The number of rotatable bonds is 4. The Morgan fingerprint density at radius 1 is 1.38 bits per heavy atom. The van der Waals surface area contributed by atoms with E-state index in [0.29, 0.717) is 18.7 Å². The highest BCUT2D eigenvalue weighted by molar-refractivity contribution is 5.97. The topological polar surface area (TPSA) is 95.9 Å². The standard InChI is InChI=1S/C24H28N4O4/c1-16-13-28(17(2)15-29)24(31)21-10-20(8-7-19-6-5-9-25-11-19)12-26-23(21)32-22(16)14-27(4)18(3)30/h5-6,9-12,16-17,22,29H,13-15H2,1-4H3/t16-,17-,22+/m1/s1. The minimum atomic E-state index is -0.382. The largest absolute Gasteiger partial charge is 0.472 e. The Kier molecular flexibility index (Phi) is 7.44. The minimum absolute atomic E-state index is 0.0753. The zero-order chi connectivity index (χ0) is 23.3. The minimum Gasteiger partial charge on any atom is -0.472 e. The van der Waals surface area contributed by atoms with Crippen molar-refractivity contribution in [1.82, 2.24) is 19.8 Å². The lowest BCUT2D eigenvalue weighted by molar-refractivity contribution is -0.129. The molecule has 0 saturated heterocycles. The number of likely N-dealkylation sites (N-methyl/N-ethyl adjacent to an activating group) is 1. The second-order valence-electron chi connectivity index (χ2n) is 8.09. The van der Waals surface area contributed by atoms with Crippen LogP contribution in [0.25, 0.3) is 0 Å². The molecular formula is C24H28N4O4. The van der Waals surface area contributed by atoms with E-state index >= 15 is 0 Å². The quantitative estimate of drug-likeness (QED) is 0.731. The predicted octanol–water partition coefficient (Wildman–Crippen LogP) is 1.57. The van der Waals surface area contributed by atoms with Crippen molar-refractivity contribution in [3.8, 4) is 17.7 Å². The summed E-state index contributed by atoms with van der Waals surface area (Å²) in [5.41, 5.74) is 1.59. The van der Waals surface area contributed by atoms with Crippen molar-refractivity contribution in [2.45, 2.75) is 32.9 Å². The van der Waals surface area contributed by atoms with Crippen LogP contribution in [0.3, 0.4) is 0 Å². The molecule has 1 aliphatic heterocycles. The van der Waals surface area contributed by atoms with Gasteiger partial charge in [0.15, 0.2) is 0 Å². The molecule has 3 rings (SSSR count). The third-order valence-electron chi connectivity index (χ3n) is 5.53. The molecule has 8 heteroatoms. The number of amides is 2. The molecule has 0 radical (unpaired) electrons. The lowest BCUT2D eigenvalue weighted by Crippen LogP contribution is -2.50. The molecule has 0 saturated carbocycles. The van der Waals surface area contributed by atoms with E-state index in [2.05, 4.69) is 21.8 Å². The highest BCUT2D eigenvalue weighted by atomic mass is 16.5. The van der Waals surface area contributed by atoms with Crippen molar-refractivity contribution in [1.29, 1.82) is 0 Å². The summed E-state index contributed by atoms with van der Waals surface area (Å²) in [6.07, 6.45) is 4.52. The van der Waals surface area contributed by atoms with Gasteiger partial charge in [0, 0.05) is 56.2 Å². The van der Waals surface area contributed by atoms with E-state index in [1.165, 1.54) is 6.92 Å². The maximum absolute atomic E-state index is 13.4. The maximum Gasteiger partial charge on any atom is 0.259 e. The maximum atomic E-state index is 13.4. The van der Waals surface area contributed by atoms with Crippen molar-refractivity contribution in [2.24, 2.45) is 5.92 Å². The van der Waals surface area contributed by atoms with Crippen LogP contribution in [0.2, 0.25) is 0 Å². The third-order valence-corrected chi connectivity index (χ3v) is 5.53. The molecule has 8 nitrogen and oxygen atoms in total. The average molecular weight is 437 g/mol. The fourth-order valence-corrected chi connectivity index (χ4v) is 3.37. The van der Waals surface area contributed by atoms with Crippen LogP contribution in [0, 0.1) is 17.8 Å². The van der Waals surface area contributed by atoms with Crippen LogP contribution < -0.4 is 4.74 Å². The summed E-state index contributed by atoms with van der Waals surface area (Å²) in [6, 6.07) is 4.92. The van der Waals surface area contributed by atoms with Crippen molar-refractivity contribution < 1.29 is 19.4 Å². The first kappa shape index (κ1) is 23.2. The molecule has 0 spiro atoms. The number of carbonyl (C=O) groups is 2. The van der Waals surface area contributed by atoms with Gasteiger partial charge in [0.25, 0.3) is 5.91 Å². The molecule has 1 N–H and O–H groups in total. The Balaban J connectivity index is 2.00. The summed E-state index contributed by atoms with van der Waals surface area (Å²) in [5, 5.41) is 9.73. The van der Waals surface area contributed by atoms with E-state index in [1.807, 2.05) is 13.0 Å². The van der Waals surface area contributed by atoms with E-state index in [1.54, 1.807) is 54.5 Å². The fraction of sp³-hybridized carbons (Fsp3) is 0.417. The highest BCUT2D eigenvalue weighted by Gasteiger charge is 2.34. The number of aliphatic hydroxyl groups is 1. The molecule has 1 aliphatic rings. The van der Waals surface area contributed by atoms with Crippen molar-refractivity contribution in [3.63, 3.8) is 0 Å². The van der Waals surface area contributed by atoms with E-state index in [9.17, 15) is 14.7 Å². The van der Waals surface area contributed by atoms with E-state index in [4.69, 9.17) is 4.74 Å². The number of ether oxygens (including phenoxy) is 1. The summed E-state index contributed by atoms with van der Waals surface area (Å²) in [5.74, 6) is 5.78. The summed E-state index contributed by atoms with van der Waals surface area (Å²) < 4.78 is 6.15. The van der Waals surface area contributed by atoms with Crippen molar-refractivity contribution >= 4 is 11.8 Å². The van der Waals surface area contributed by atoms with Gasteiger partial charge in [0.05, 0.1) is 19.2 Å². The molecule has 0 aromatic carbocycles. The van der Waals surface area contributed by atoms with E-state index in [0.717, 1.165) is 5.56 Å². The summed E-state index contributed by atoms with van der Waals surface area (Å²) in [6.45, 7) is 5.82. The van der Waals surface area contributed by atoms with Gasteiger partial charge in [0.1, 0.15) is 11.7 Å². The van der Waals surface area contributed by atoms with Gasteiger partial charge < -0.3 is 19.6 Å². The second-order valence-corrected chi connectivity index (χ2v) is 8.09. The second kappa shape index (κ2) is 10.2. The monoisotopic (exact) mass is 436 g/mol. The molecule has 0 aliphatic carbocycles. The normalized spacial score (nSPS) is 18.9. The number of carbonyl (C=O) groups excluding carboxylic acids is 2. The zero-order valence-electron chi connectivity index (χ0n) is 18.8. The average Bonchev–Trinajstić information content (AvgIpc) is 2.80. The Bertz CT molecular complexity index is 1030. The molecule has 0 bridgehead atoms. The first-order chi connectivity index (χ1) is 15.3. The number of hydrogen-bond donors (Lipinski definition) is 1. The Morgan fingerprint density at radius 3 is 2.78 bits per heavy atom. The van der Waals surface area contributed by atoms with Gasteiger partial charge in [-0.1, -0.05) is 18.8 Å². The number of pyridine rings is 2. The number of hydrogen-bond acceptors (Lipinski definition) is 6. The third kappa shape index (κ3) is 5.42. The Labute approximate surface area is 188 Å². The zero-order valence-corrected chi connectivity index (χ0v) is 18.8. The summed E-state index contributed by atoms with van der Waals surface area (Å²) >= 11 is 0. The number of nitrogens with zero attached hydrogens (tertiary/aromatic N) is 4. The SMILES string of the molecule is CC(=O)N(C)C[C@@H]1Oc2ncc(C#Cc3cccnc3)cc2C(=O)N([C@H](C)CO)C[C@H]1C.